The summed E-state index contributed by atoms with van der Waals surface area (Å²) in [5.41, 5.74) is 0. The van der Waals surface area contributed by atoms with Gasteiger partial charge < -0.3 is 0 Å². The van der Waals surface area contributed by atoms with Crippen molar-refractivity contribution in [2.75, 3.05) is 0 Å². The van der Waals surface area contributed by atoms with Crippen LogP contribution in [0.15, 0.2) is 0 Å². The normalized spacial score (nSPS) is 53.4. The molecule has 10 heavy (non-hydrogen) atoms. The van der Waals surface area contributed by atoms with Gasteiger partial charge in [0.15, 0.2) is 0 Å². The van der Waals surface area contributed by atoms with Gasteiger partial charge in [-0.15, -0.1) is 0 Å². The largest absolute Gasteiger partial charge is 0.180 e. The average Bonchev–Trinajstić information content (AvgIpc) is 1.93. The number of fused-ring (bicyclic) bond motifs is 3. The van der Waals surface area contributed by atoms with Crippen LogP contribution in [-0.4, -0.2) is 63.9 Å². The molecular formula is CH3ClSi8. The predicted octanol–water partition coefficient (Wildman–Crippen LogP) is -1.77. The van der Waals surface area contributed by atoms with Crippen LogP contribution in [0.4, 0.5) is 0 Å². The Morgan fingerprint density at radius 1 is 0.900 bits per heavy atom. The number of hydrogen-bond acceptors (Lipinski definition) is 0. The van der Waals surface area contributed by atoms with Crippen LogP contribution in [0.2, 0.25) is 6.55 Å². The molecule has 0 unspecified atom stereocenters. The van der Waals surface area contributed by atoms with Crippen LogP contribution in [0.3, 0.4) is 0 Å². The van der Waals surface area contributed by atoms with Gasteiger partial charge in [-0.05, 0) is 0 Å². The molecule has 0 aromatic rings. The fraction of sp³-hybridized carbons (Fsp3) is 1.00. The highest BCUT2D eigenvalue weighted by molar-refractivity contribution is 8.18. The Balaban J connectivity index is 2.16. The van der Waals surface area contributed by atoms with E-state index in [4.69, 9.17) is 11.1 Å². The second-order valence-electron chi connectivity index (χ2n) is 2.53. The molecule has 3 aliphatic heterocycles. The van der Waals surface area contributed by atoms with Crippen LogP contribution in [-0.2, 0) is 0 Å². The Morgan fingerprint density at radius 2 is 1.30 bits per heavy atom. The van der Waals surface area contributed by atoms with Crippen molar-refractivity contribution in [1.29, 1.82) is 0 Å². The molecule has 3 aliphatic rings. The fourth-order valence-corrected chi connectivity index (χ4v) is 169. The zero-order chi connectivity index (χ0) is 7.24. The third kappa shape index (κ3) is 1.54. The maximum absolute atomic E-state index is 6.58. The van der Waals surface area contributed by atoms with E-state index >= 15 is 0 Å². The Morgan fingerprint density at radius 3 is 1.60 bits per heavy atom. The van der Waals surface area contributed by atoms with Crippen LogP contribution in [0.1, 0.15) is 0 Å². The van der Waals surface area contributed by atoms with Gasteiger partial charge in [-0.1, -0.05) is 6.55 Å². The summed E-state index contributed by atoms with van der Waals surface area (Å²) in [6.45, 7) is 2.12. The van der Waals surface area contributed by atoms with E-state index in [2.05, 4.69) is 6.55 Å². The second-order valence-corrected chi connectivity index (χ2v) is 54.9. The minimum Gasteiger partial charge on any atom is -0.180 e. The molecule has 46 valence electrons. The molecule has 9 heteroatoms. The monoisotopic (exact) mass is 274 g/mol. The van der Waals surface area contributed by atoms with Crippen molar-refractivity contribution >= 4 is 75.0 Å². The lowest BCUT2D eigenvalue weighted by molar-refractivity contribution is 2.29. The molecule has 3 fully saturated rings. The minimum atomic E-state index is -0.964. The molecule has 0 N–H and O–H groups in total. The second kappa shape index (κ2) is 2.76. The summed E-state index contributed by atoms with van der Waals surface area (Å²) in [5.74, 6) is -0.964. The highest BCUT2D eigenvalue weighted by atomic mass is 35.6. The molecule has 0 saturated carbocycles. The maximum atomic E-state index is 6.58. The van der Waals surface area contributed by atoms with Gasteiger partial charge >= 0.3 is 0 Å². The molecule has 0 spiro atoms. The van der Waals surface area contributed by atoms with Crippen molar-refractivity contribution in [3.8, 4) is 0 Å². The summed E-state index contributed by atoms with van der Waals surface area (Å²) in [4.78, 5) is 0. The van der Waals surface area contributed by atoms with Gasteiger partial charge in [0, 0.05) is 58.0 Å². The Bertz CT molecular complexity index is 113. The van der Waals surface area contributed by atoms with Gasteiger partial charge in [-0.2, -0.15) is 11.1 Å². The van der Waals surface area contributed by atoms with E-state index in [1.165, 1.54) is 51.3 Å². The van der Waals surface area contributed by atoms with Crippen molar-refractivity contribution in [3.63, 3.8) is 0 Å². The first-order valence-corrected chi connectivity index (χ1v) is 23.5. The van der Waals surface area contributed by atoms with Gasteiger partial charge in [0.05, 0.1) is 0 Å². The maximum Gasteiger partial charge on any atom is 0.105 e. The van der Waals surface area contributed by atoms with E-state index in [0.29, 0.717) is 0 Å². The Labute approximate surface area is 81.0 Å². The molecule has 0 aromatic heterocycles. The standard InChI is InChI=1S/CH3ClSi8/c1-9-3-6-10(2,7-4-9)8-5-9/h1H3. The summed E-state index contributed by atoms with van der Waals surface area (Å²) < 4.78 is 0. The minimum absolute atomic E-state index is 0.521. The summed E-state index contributed by atoms with van der Waals surface area (Å²) in [5, 5.41) is 0. The fourth-order valence-electron chi connectivity index (χ4n) is 0.821. The number of hydrogen-bond donors (Lipinski definition) is 0. The molecule has 0 amide bonds. The van der Waals surface area contributed by atoms with Crippen molar-refractivity contribution in [3.05, 3.63) is 0 Å². The van der Waals surface area contributed by atoms with E-state index in [0.717, 1.165) is 0 Å². The average molecular weight is 275 g/mol. The third-order valence-electron chi connectivity index (χ3n) is 1.45. The first kappa shape index (κ1) is 8.62. The van der Waals surface area contributed by atoms with E-state index in [1.54, 1.807) is 0 Å². The zero-order valence-corrected chi connectivity index (χ0v) is 14.1. The molecule has 3 rings (SSSR count). The first-order valence-electron chi connectivity index (χ1n) is 2.94. The van der Waals surface area contributed by atoms with Gasteiger partial charge in [0.2, 0.25) is 0 Å². The first-order chi connectivity index (χ1) is 4.62. The lowest BCUT2D eigenvalue weighted by atomic mass is 11.9. The molecular weight excluding hydrogens is 272 g/mol. The molecule has 0 atom stereocenters. The topological polar surface area (TPSA) is 0 Å². The Hall–Kier alpha value is 2.03. The van der Waals surface area contributed by atoms with Gasteiger partial charge in [-0.25, -0.2) is 0 Å². The van der Waals surface area contributed by atoms with E-state index in [1.807, 2.05) is 0 Å². The van der Waals surface area contributed by atoms with Crippen LogP contribution < -0.4 is 0 Å². The molecule has 2 bridgehead atoms. The summed E-state index contributed by atoms with van der Waals surface area (Å²) in [6, 6.07) is 0. The van der Waals surface area contributed by atoms with Crippen molar-refractivity contribution in [2.24, 2.45) is 0 Å². The summed E-state index contributed by atoms with van der Waals surface area (Å²) in [6.07, 6.45) is 0. The highest BCUT2D eigenvalue weighted by Gasteiger charge is 2.49. The number of rotatable bonds is 0. The third-order valence-corrected chi connectivity index (χ3v) is 97.5. The van der Waals surface area contributed by atoms with E-state index < -0.39 is 12.6 Å². The Kier molecular flexibility index (Phi) is 2.38. The highest BCUT2D eigenvalue weighted by Crippen LogP contribution is 2.17. The summed E-state index contributed by atoms with van der Waals surface area (Å²) in [7, 11) is 8.10. The van der Waals surface area contributed by atoms with Crippen molar-refractivity contribution in [1.82, 2.24) is 0 Å². The predicted molar refractivity (Wildman–Crippen MR) is 57.7 cm³/mol. The molecule has 0 aromatic carbocycles. The van der Waals surface area contributed by atoms with Crippen LogP contribution in [0, 0.1) is 0 Å². The quantitative estimate of drug-likeness (QED) is 0.362. The van der Waals surface area contributed by atoms with E-state index in [9.17, 15) is 0 Å². The molecule has 12 radical (unpaired) electrons. The molecule has 0 nitrogen and oxygen atoms in total. The lowest BCUT2D eigenvalue weighted by Crippen LogP contribution is -2.80. The van der Waals surface area contributed by atoms with Crippen LogP contribution in [0.5, 0.6) is 0 Å². The van der Waals surface area contributed by atoms with Gasteiger partial charge in [0.25, 0.3) is 0 Å². The smallest absolute Gasteiger partial charge is 0.105 e. The summed E-state index contributed by atoms with van der Waals surface area (Å²) >= 11 is 6.58. The van der Waals surface area contributed by atoms with Crippen LogP contribution in [0.25, 0.3) is 0 Å². The van der Waals surface area contributed by atoms with Gasteiger partial charge in [0.1, 0.15) is 5.94 Å². The van der Waals surface area contributed by atoms with Gasteiger partial charge in [-0.3, -0.25) is 0 Å². The SMILES string of the molecule is C[Si]12[Si][Si][Si](Cl)([Si][Si]1)[Si][Si]2. The van der Waals surface area contributed by atoms with Crippen molar-refractivity contribution in [2.45, 2.75) is 6.55 Å². The van der Waals surface area contributed by atoms with Crippen molar-refractivity contribution < 1.29 is 0 Å². The number of halogens is 1. The zero-order valence-electron chi connectivity index (χ0n) is 5.38. The molecule has 3 heterocycles. The van der Waals surface area contributed by atoms with E-state index in [-0.39, 0.29) is 0 Å². The molecule has 0 aliphatic carbocycles. The lowest BCUT2D eigenvalue weighted by Gasteiger charge is -2.44. The molecule has 3 saturated heterocycles. The van der Waals surface area contributed by atoms with Crippen LogP contribution >= 0.6 is 11.1 Å².